The number of anilines is 1. The van der Waals surface area contributed by atoms with E-state index in [0.717, 1.165) is 29.9 Å². The lowest BCUT2D eigenvalue weighted by molar-refractivity contribution is 0.198. The number of aromatic nitrogens is 3. The largest absolute Gasteiger partial charge is 0.391 e. The van der Waals surface area contributed by atoms with Crippen LogP contribution in [0.15, 0.2) is 53.2 Å². The highest BCUT2D eigenvalue weighted by molar-refractivity contribution is 5.55. The highest BCUT2D eigenvalue weighted by atomic mass is 16.5. The fourth-order valence-electron chi connectivity index (χ4n) is 2.87. The van der Waals surface area contributed by atoms with Crippen LogP contribution >= 0.6 is 0 Å². The van der Waals surface area contributed by atoms with Crippen LogP contribution in [-0.2, 0) is 6.42 Å². The van der Waals surface area contributed by atoms with Crippen LogP contribution in [0.25, 0.3) is 11.5 Å². The zero-order chi connectivity index (χ0) is 16.4. The van der Waals surface area contributed by atoms with Crippen LogP contribution in [0.5, 0.6) is 0 Å². The lowest BCUT2D eigenvalue weighted by atomic mass is 10.1. The van der Waals surface area contributed by atoms with E-state index in [2.05, 4.69) is 20.0 Å². The zero-order valence-corrected chi connectivity index (χ0v) is 13.2. The molecule has 1 N–H and O–H groups in total. The van der Waals surface area contributed by atoms with Crippen LogP contribution in [0.1, 0.15) is 17.8 Å². The van der Waals surface area contributed by atoms with E-state index in [0.29, 0.717) is 24.7 Å². The lowest BCUT2D eigenvalue weighted by Crippen LogP contribution is -2.21. The van der Waals surface area contributed by atoms with Crippen LogP contribution in [0.3, 0.4) is 0 Å². The Bertz CT molecular complexity index is 801. The summed E-state index contributed by atoms with van der Waals surface area (Å²) in [7, 11) is 0. The Morgan fingerprint density at radius 3 is 2.75 bits per heavy atom. The first-order valence-corrected chi connectivity index (χ1v) is 8.04. The maximum Gasteiger partial charge on any atom is 0.259 e. The average molecular weight is 322 g/mol. The van der Waals surface area contributed by atoms with E-state index in [4.69, 9.17) is 4.52 Å². The first kappa shape index (κ1) is 14.8. The topological polar surface area (TPSA) is 75.3 Å². The van der Waals surface area contributed by atoms with Crippen LogP contribution in [0, 0.1) is 0 Å². The Morgan fingerprint density at radius 2 is 2.04 bits per heavy atom. The van der Waals surface area contributed by atoms with Gasteiger partial charge in [0, 0.05) is 25.7 Å². The maximum absolute atomic E-state index is 9.61. The van der Waals surface area contributed by atoms with Crippen molar-refractivity contribution in [2.45, 2.75) is 18.9 Å². The van der Waals surface area contributed by atoms with Crippen LogP contribution < -0.4 is 4.90 Å². The number of hydrogen-bond donors (Lipinski definition) is 1. The minimum Gasteiger partial charge on any atom is -0.391 e. The van der Waals surface area contributed by atoms with Crippen molar-refractivity contribution in [3.05, 3.63) is 60.0 Å². The minimum atomic E-state index is -0.261. The van der Waals surface area contributed by atoms with Crippen molar-refractivity contribution >= 4 is 5.82 Å². The number of aliphatic hydroxyl groups excluding tert-OH is 1. The van der Waals surface area contributed by atoms with E-state index in [-0.39, 0.29) is 6.10 Å². The molecule has 4 rings (SSSR count). The second kappa shape index (κ2) is 6.41. The predicted octanol–water partition coefficient (Wildman–Crippen LogP) is 2.29. The molecule has 0 amide bonds. The van der Waals surface area contributed by atoms with Gasteiger partial charge in [-0.25, -0.2) is 4.98 Å². The fraction of sp³-hybridized carbons (Fsp3) is 0.278. The molecule has 1 fully saturated rings. The van der Waals surface area contributed by atoms with Gasteiger partial charge in [-0.3, -0.25) is 0 Å². The standard InChI is InChI=1S/C18H18N4O2/c23-15-8-9-22(12-15)17-7-6-14(11-19-17)18-20-16(21-24-18)10-13-4-2-1-3-5-13/h1-7,11,15,23H,8-10,12H2. The van der Waals surface area contributed by atoms with Gasteiger partial charge in [0.2, 0.25) is 0 Å². The summed E-state index contributed by atoms with van der Waals surface area (Å²) in [5.41, 5.74) is 1.94. The molecule has 24 heavy (non-hydrogen) atoms. The van der Waals surface area contributed by atoms with E-state index in [1.807, 2.05) is 42.5 Å². The number of aliphatic hydroxyl groups is 1. The smallest absolute Gasteiger partial charge is 0.259 e. The molecule has 0 bridgehead atoms. The summed E-state index contributed by atoms with van der Waals surface area (Å²) in [4.78, 5) is 11.0. The summed E-state index contributed by atoms with van der Waals surface area (Å²) >= 11 is 0. The summed E-state index contributed by atoms with van der Waals surface area (Å²) in [6, 6.07) is 13.9. The van der Waals surface area contributed by atoms with Gasteiger partial charge in [0.05, 0.1) is 11.7 Å². The molecule has 0 spiro atoms. The first-order chi connectivity index (χ1) is 11.8. The molecule has 6 nitrogen and oxygen atoms in total. The Balaban J connectivity index is 1.48. The SMILES string of the molecule is OC1CCN(c2ccc(-c3nc(Cc4ccccc4)no3)cn2)C1. The molecule has 122 valence electrons. The Morgan fingerprint density at radius 1 is 1.17 bits per heavy atom. The summed E-state index contributed by atoms with van der Waals surface area (Å²) in [6.07, 6.45) is 2.90. The molecular formula is C18H18N4O2. The third-order valence-electron chi connectivity index (χ3n) is 4.16. The molecule has 2 aromatic heterocycles. The predicted molar refractivity (Wildman–Crippen MR) is 89.6 cm³/mol. The zero-order valence-electron chi connectivity index (χ0n) is 13.2. The van der Waals surface area contributed by atoms with Crippen LogP contribution in [0.2, 0.25) is 0 Å². The van der Waals surface area contributed by atoms with Crippen molar-refractivity contribution in [1.29, 1.82) is 0 Å². The van der Waals surface area contributed by atoms with Crippen LogP contribution in [-0.4, -0.2) is 39.4 Å². The number of hydrogen-bond acceptors (Lipinski definition) is 6. The van der Waals surface area contributed by atoms with Crippen molar-refractivity contribution < 1.29 is 9.63 Å². The molecular weight excluding hydrogens is 304 g/mol. The molecule has 0 radical (unpaired) electrons. The highest BCUT2D eigenvalue weighted by Gasteiger charge is 2.21. The van der Waals surface area contributed by atoms with E-state index in [1.165, 1.54) is 0 Å². The first-order valence-electron chi connectivity index (χ1n) is 8.04. The van der Waals surface area contributed by atoms with Crippen molar-refractivity contribution in [2.24, 2.45) is 0 Å². The Labute approximate surface area is 139 Å². The summed E-state index contributed by atoms with van der Waals surface area (Å²) in [5, 5.41) is 13.7. The molecule has 1 atom stereocenters. The molecule has 0 saturated carbocycles. The summed E-state index contributed by atoms with van der Waals surface area (Å²) in [6.45, 7) is 1.46. The van der Waals surface area contributed by atoms with Crippen molar-refractivity contribution in [3.63, 3.8) is 0 Å². The Kier molecular flexibility index (Phi) is 3.96. The van der Waals surface area contributed by atoms with Gasteiger partial charge < -0.3 is 14.5 Å². The number of benzene rings is 1. The molecule has 3 aromatic rings. The van der Waals surface area contributed by atoms with Gasteiger partial charge in [-0.05, 0) is 24.1 Å². The summed E-state index contributed by atoms with van der Waals surface area (Å²) < 4.78 is 5.35. The molecule has 6 heteroatoms. The third kappa shape index (κ3) is 3.14. The maximum atomic E-state index is 9.61. The number of β-amino-alcohol motifs (C(OH)–C–C–N with tert-alkyl or cyclic N) is 1. The summed E-state index contributed by atoms with van der Waals surface area (Å²) in [5.74, 6) is 1.99. The second-order valence-corrected chi connectivity index (χ2v) is 5.97. The number of rotatable bonds is 4. The van der Waals surface area contributed by atoms with Crippen molar-refractivity contribution in [1.82, 2.24) is 15.1 Å². The van der Waals surface area contributed by atoms with E-state index in [1.54, 1.807) is 6.20 Å². The van der Waals surface area contributed by atoms with Crippen molar-refractivity contribution in [2.75, 3.05) is 18.0 Å². The number of pyridine rings is 1. The normalized spacial score (nSPS) is 17.4. The van der Waals surface area contributed by atoms with Gasteiger partial charge in [-0.1, -0.05) is 35.5 Å². The number of nitrogens with zero attached hydrogens (tertiary/aromatic N) is 4. The fourth-order valence-corrected chi connectivity index (χ4v) is 2.87. The average Bonchev–Trinajstić information content (AvgIpc) is 3.25. The molecule has 3 heterocycles. The highest BCUT2D eigenvalue weighted by Crippen LogP contribution is 2.22. The second-order valence-electron chi connectivity index (χ2n) is 5.97. The van der Waals surface area contributed by atoms with Crippen LogP contribution in [0.4, 0.5) is 5.82 Å². The Hall–Kier alpha value is -2.73. The van der Waals surface area contributed by atoms with E-state index in [9.17, 15) is 5.11 Å². The molecule has 1 saturated heterocycles. The lowest BCUT2D eigenvalue weighted by Gasteiger charge is -2.16. The molecule has 0 aliphatic carbocycles. The van der Waals surface area contributed by atoms with Gasteiger partial charge in [-0.2, -0.15) is 4.98 Å². The van der Waals surface area contributed by atoms with E-state index >= 15 is 0 Å². The molecule has 1 unspecified atom stereocenters. The quantitative estimate of drug-likeness (QED) is 0.794. The van der Waals surface area contributed by atoms with E-state index < -0.39 is 0 Å². The van der Waals surface area contributed by atoms with Gasteiger partial charge in [-0.15, -0.1) is 0 Å². The molecule has 1 aliphatic heterocycles. The van der Waals surface area contributed by atoms with Crippen molar-refractivity contribution in [3.8, 4) is 11.5 Å². The third-order valence-corrected chi connectivity index (χ3v) is 4.16. The molecule has 1 aliphatic rings. The van der Waals surface area contributed by atoms with Gasteiger partial charge in [0.1, 0.15) is 5.82 Å². The molecule has 1 aromatic carbocycles. The van der Waals surface area contributed by atoms with Gasteiger partial charge in [0.15, 0.2) is 5.82 Å². The van der Waals surface area contributed by atoms with Gasteiger partial charge >= 0.3 is 0 Å². The van der Waals surface area contributed by atoms with Gasteiger partial charge in [0.25, 0.3) is 5.89 Å². The monoisotopic (exact) mass is 322 g/mol. The minimum absolute atomic E-state index is 0.261.